The molecule has 0 unspecified atom stereocenters. The molecule has 0 saturated heterocycles. The van der Waals surface area contributed by atoms with E-state index in [1.807, 2.05) is 27.7 Å². The summed E-state index contributed by atoms with van der Waals surface area (Å²) in [6.07, 6.45) is 8.08. The monoisotopic (exact) mass is 460 g/mol. The molecule has 0 aromatic heterocycles. The number of carbonyl (C=O) groups excluding carboxylic acids is 2. The van der Waals surface area contributed by atoms with Crippen LogP contribution in [0.15, 0.2) is 0 Å². The minimum atomic E-state index is -0.837. The Morgan fingerprint density at radius 2 is 1.00 bits per heavy atom. The first-order chi connectivity index (χ1) is 15.1. The molecule has 0 aromatic rings. The van der Waals surface area contributed by atoms with Gasteiger partial charge in [-0.3, -0.25) is 9.78 Å². The highest BCUT2D eigenvalue weighted by Gasteiger charge is 2.30. The SMILES string of the molecule is CCCCCC(C)(C)OOC(=O)OC1CCC(OC(=O)OOC(C)(C)CCCCC)CC1. The first-order valence-electron chi connectivity index (χ1n) is 12.2. The molecular weight excluding hydrogens is 416 g/mol. The average molecular weight is 461 g/mol. The highest BCUT2D eigenvalue weighted by atomic mass is 17.2. The van der Waals surface area contributed by atoms with Gasteiger partial charge in [-0.25, -0.2) is 9.59 Å². The zero-order chi connectivity index (χ0) is 24.0. The topological polar surface area (TPSA) is 89.5 Å². The van der Waals surface area contributed by atoms with E-state index >= 15 is 0 Å². The van der Waals surface area contributed by atoms with Crippen LogP contribution in [0.5, 0.6) is 0 Å². The summed E-state index contributed by atoms with van der Waals surface area (Å²) < 4.78 is 10.6. The molecule has 0 aromatic carbocycles. The number of ether oxygens (including phenoxy) is 2. The van der Waals surface area contributed by atoms with Crippen molar-refractivity contribution in [3.63, 3.8) is 0 Å². The summed E-state index contributed by atoms with van der Waals surface area (Å²) in [6, 6.07) is 0. The highest BCUT2D eigenvalue weighted by Crippen LogP contribution is 2.26. The standard InChI is InChI=1S/C24H44O8/c1-7-9-11-17-23(3,4)31-29-21(25)27-19-13-15-20(16-14-19)28-22(26)30-32-24(5,6)18-12-10-8-2/h19-20H,7-18H2,1-6H3. The Morgan fingerprint density at radius 3 is 1.31 bits per heavy atom. The predicted octanol–water partition coefficient (Wildman–Crippen LogP) is 7.19. The normalized spacial score (nSPS) is 19.3. The van der Waals surface area contributed by atoms with Crippen molar-refractivity contribution in [3.8, 4) is 0 Å². The molecular formula is C24H44O8. The van der Waals surface area contributed by atoms with E-state index in [2.05, 4.69) is 13.8 Å². The van der Waals surface area contributed by atoms with Crippen LogP contribution in [0.2, 0.25) is 0 Å². The minimum Gasteiger partial charge on any atom is -0.429 e. The summed E-state index contributed by atoms with van der Waals surface area (Å²) in [5.74, 6) is 0. The molecule has 188 valence electrons. The van der Waals surface area contributed by atoms with Gasteiger partial charge < -0.3 is 9.47 Å². The first kappa shape index (κ1) is 28.5. The number of rotatable bonds is 14. The van der Waals surface area contributed by atoms with E-state index in [9.17, 15) is 9.59 Å². The molecule has 1 aliphatic rings. The van der Waals surface area contributed by atoms with E-state index in [0.29, 0.717) is 25.7 Å². The van der Waals surface area contributed by atoms with Gasteiger partial charge in [0, 0.05) is 0 Å². The van der Waals surface area contributed by atoms with Crippen molar-refractivity contribution in [1.82, 2.24) is 0 Å². The van der Waals surface area contributed by atoms with Crippen LogP contribution >= 0.6 is 0 Å². The van der Waals surface area contributed by atoms with Gasteiger partial charge in [-0.05, 0) is 66.2 Å². The lowest BCUT2D eigenvalue weighted by Gasteiger charge is -2.28. The van der Waals surface area contributed by atoms with Crippen molar-refractivity contribution in [2.24, 2.45) is 0 Å². The molecule has 1 rings (SSSR count). The van der Waals surface area contributed by atoms with Crippen LogP contribution in [-0.4, -0.2) is 35.7 Å². The van der Waals surface area contributed by atoms with Gasteiger partial charge in [-0.1, -0.05) is 52.4 Å². The third-order valence-corrected chi connectivity index (χ3v) is 5.58. The van der Waals surface area contributed by atoms with Crippen LogP contribution in [0.1, 0.15) is 119 Å². The van der Waals surface area contributed by atoms with Crippen molar-refractivity contribution in [1.29, 1.82) is 0 Å². The lowest BCUT2D eigenvalue weighted by atomic mass is 9.95. The fraction of sp³-hybridized carbons (Fsp3) is 0.917. The van der Waals surface area contributed by atoms with E-state index in [1.54, 1.807) is 0 Å². The Morgan fingerprint density at radius 1 is 0.656 bits per heavy atom. The molecule has 1 fully saturated rings. The second-order valence-electron chi connectivity index (χ2n) is 9.90. The molecule has 0 spiro atoms. The van der Waals surface area contributed by atoms with Gasteiger partial charge in [0.25, 0.3) is 0 Å². The van der Waals surface area contributed by atoms with Gasteiger partial charge >= 0.3 is 12.3 Å². The fourth-order valence-corrected chi connectivity index (χ4v) is 3.56. The van der Waals surface area contributed by atoms with E-state index in [0.717, 1.165) is 51.4 Å². The predicted molar refractivity (Wildman–Crippen MR) is 120 cm³/mol. The zero-order valence-electron chi connectivity index (χ0n) is 20.9. The van der Waals surface area contributed by atoms with Crippen molar-refractivity contribution in [3.05, 3.63) is 0 Å². The van der Waals surface area contributed by atoms with Gasteiger partial charge in [-0.2, -0.15) is 9.78 Å². The maximum atomic E-state index is 11.9. The fourth-order valence-electron chi connectivity index (χ4n) is 3.56. The summed E-state index contributed by atoms with van der Waals surface area (Å²) in [4.78, 5) is 44.1. The summed E-state index contributed by atoms with van der Waals surface area (Å²) in [7, 11) is 0. The van der Waals surface area contributed by atoms with Gasteiger partial charge in [0.15, 0.2) is 0 Å². The van der Waals surface area contributed by atoms with Crippen LogP contribution in [-0.2, 0) is 29.0 Å². The van der Waals surface area contributed by atoms with Crippen molar-refractivity contribution < 1.29 is 38.6 Å². The Balaban J connectivity index is 2.22. The molecule has 0 aliphatic heterocycles. The third-order valence-electron chi connectivity index (χ3n) is 5.58. The molecule has 1 saturated carbocycles. The number of hydrogen-bond donors (Lipinski definition) is 0. The molecule has 0 atom stereocenters. The first-order valence-corrected chi connectivity index (χ1v) is 12.2. The molecule has 0 bridgehead atoms. The summed E-state index contributed by atoms with van der Waals surface area (Å²) >= 11 is 0. The Labute approximate surface area is 193 Å². The Bertz CT molecular complexity index is 490. The van der Waals surface area contributed by atoms with Gasteiger partial charge in [0.05, 0.1) is 0 Å². The molecule has 0 amide bonds. The summed E-state index contributed by atoms with van der Waals surface area (Å²) in [5, 5.41) is 0. The molecule has 0 heterocycles. The van der Waals surface area contributed by atoms with Gasteiger partial charge in [0.1, 0.15) is 23.4 Å². The third kappa shape index (κ3) is 13.1. The number of unbranched alkanes of at least 4 members (excludes halogenated alkanes) is 4. The maximum Gasteiger partial charge on any atom is 0.540 e. The van der Waals surface area contributed by atoms with Crippen molar-refractivity contribution >= 4 is 12.3 Å². The zero-order valence-corrected chi connectivity index (χ0v) is 20.9. The number of hydrogen-bond acceptors (Lipinski definition) is 8. The second kappa shape index (κ2) is 14.6. The summed E-state index contributed by atoms with van der Waals surface area (Å²) in [6.45, 7) is 11.8. The van der Waals surface area contributed by atoms with E-state index in [1.165, 1.54) is 0 Å². The molecule has 1 aliphatic carbocycles. The van der Waals surface area contributed by atoms with Crippen molar-refractivity contribution in [2.45, 2.75) is 142 Å². The molecule has 8 nitrogen and oxygen atoms in total. The number of carbonyl (C=O) groups is 2. The lowest BCUT2D eigenvalue weighted by Crippen LogP contribution is -2.32. The van der Waals surface area contributed by atoms with E-state index in [4.69, 9.17) is 29.0 Å². The van der Waals surface area contributed by atoms with Crippen LogP contribution in [0.4, 0.5) is 9.59 Å². The van der Waals surface area contributed by atoms with Crippen LogP contribution < -0.4 is 0 Å². The van der Waals surface area contributed by atoms with Crippen molar-refractivity contribution in [2.75, 3.05) is 0 Å². The average Bonchev–Trinajstić information content (AvgIpc) is 2.73. The van der Waals surface area contributed by atoms with E-state index in [-0.39, 0.29) is 12.2 Å². The quantitative estimate of drug-likeness (QED) is 0.116. The molecule has 8 heteroatoms. The molecule has 0 N–H and O–H groups in total. The Hall–Kier alpha value is -1.54. The van der Waals surface area contributed by atoms with Crippen LogP contribution in [0, 0.1) is 0 Å². The van der Waals surface area contributed by atoms with E-state index < -0.39 is 23.5 Å². The van der Waals surface area contributed by atoms with Crippen LogP contribution in [0.3, 0.4) is 0 Å². The lowest BCUT2D eigenvalue weighted by molar-refractivity contribution is -0.322. The molecule has 32 heavy (non-hydrogen) atoms. The second-order valence-corrected chi connectivity index (χ2v) is 9.90. The van der Waals surface area contributed by atoms with Gasteiger partial charge in [-0.15, -0.1) is 0 Å². The summed E-state index contributed by atoms with van der Waals surface area (Å²) in [5.41, 5.74) is -1.10. The van der Waals surface area contributed by atoms with Gasteiger partial charge in [0.2, 0.25) is 0 Å². The Kier molecular flexibility index (Phi) is 13.0. The largest absolute Gasteiger partial charge is 0.540 e. The maximum absolute atomic E-state index is 11.9. The van der Waals surface area contributed by atoms with Crippen LogP contribution in [0.25, 0.3) is 0 Å². The smallest absolute Gasteiger partial charge is 0.429 e. The molecule has 0 radical (unpaired) electrons. The highest BCUT2D eigenvalue weighted by molar-refractivity contribution is 5.59. The minimum absolute atomic E-state index is 0.293.